The summed E-state index contributed by atoms with van der Waals surface area (Å²) in [6.07, 6.45) is 0. The summed E-state index contributed by atoms with van der Waals surface area (Å²) in [6, 6.07) is 16.2. The molecule has 128 valence electrons. The zero-order valence-corrected chi connectivity index (χ0v) is 16.0. The molecule has 3 aromatic rings. The first-order valence-electron chi connectivity index (χ1n) is 7.50. The number of nitrogens with zero attached hydrogens (tertiary/aromatic N) is 3. The van der Waals surface area contributed by atoms with Gasteiger partial charge in [0.05, 0.1) is 0 Å². The van der Waals surface area contributed by atoms with Crippen molar-refractivity contribution in [2.24, 2.45) is 0 Å². The fourth-order valence-corrected chi connectivity index (χ4v) is 3.48. The van der Waals surface area contributed by atoms with Gasteiger partial charge in [0.2, 0.25) is 17.2 Å². The predicted molar refractivity (Wildman–Crippen MR) is 106 cm³/mol. The summed E-state index contributed by atoms with van der Waals surface area (Å²) in [7, 11) is 0. The molecule has 0 saturated heterocycles. The Morgan fingerprint density at radius 3 is 1.60 bits per heavy atom. The molecular weight excluding hydrogens is 374 g/mol. The van der Waals surface area contributed by atoms with Crippen LogP contribution in [0.2, 0.25) is 5.28 Å². The number of hydrogen-bond donors (Lipinski definition) is 2. The number of benzene rings is 2. The molecule has 0 atom stereocenters. The van der Waals surface area contributed by atoms with E-state index in [1.54, 1.807) is 0 Å². The average Bonchev–Trinajstić information content (AvgIpc) is 2.60. The minimum absolute atomic E-state index is 0.135. The van der Waals surface area contributed by atoms with E-state index in [4.69, 9.17) is 11.6 Å². The second-order valence-electron chi connectivity index (χ2n) is 5.19. The summed E-state index contributed by atoms with van der Waals surface area (Å²) >= 11 is 8.89. The van der Waals surface area contributed by atoms with Gasteiger partial charge in [-0.15, -0.1) is 0 Å². The van der Waals surface area contributed by atoms with Gasteiger partial charge in [-0.1, -0.05) is 36.4 Å². The van der Waals surface area contributed by atoms with Crippen molar-refractivity contribution in [2.45, 2.75) is 23.6 Å². The van der Waals surface area contributed by atoms with Crippen LogP contribution in [-0.4, -0.2) is 15.0 Å². The first kappa shape index (κ1) is 17.8. The fraction of sp³-hybridized carbons (Fsp3) is 0.118. The van der Waals surface area contributed by atoms with Crippen LogP contribution in [0.3, 0.4) is 0 Å². The molecule has 2 N–H and O–H groups in total. The average molecular weight is 390 g/mol. The Balaban J connectivity index is 1.68. The molecule has 1 heterocycles. The SMILES string of the molecule is Cc1ccccc1SNc1nc(Cl)nc(NSc2ccccc2C)n1. The lowest BCUT2D eigenvalue weighted by Crippen LogP contribution is -2.02. The highest BCUT2D eigenvalue weighted by atomic mass is 35.5. The molecule has 0 unspecified atom stereocenters. The van der Waals surface area contributed by atoms with Crippen LogP contribution in [-0.2, 0) is 0 Å². The van der Waals surface area contributed by atoms with Crippen LogP contribution in [0.1, 0.15) is 11.1 Å². The first-order valence-corrected chi connectivity index (χ1v) is 9.51. The van der Waals surface area contributed by atoms with Crippen molar-refractivity contribution in [1.29, 1.82) is 0 Å². The van der Waals surface area contributed by atoms with E-state index in [-0.39, 0.29) is 5.28 Å². The third kappa shape index (κ3) is 5.01. The standard InChI is InChI=1S/C17H16ClN5S2/c1-11-7-3-5-9-13(11)24-22-16-19-15(18)20-17(21-16)23-25-14-10-6-4-8-12(14)2/h3-10H,1-2H3,(H2,19,20,21,22,23). The maximum absolute atomic E-state index is 6.02. The van der Waals surface area contributed by atoms with E-state index in [0.29, 0.717) is 11.9 Å². The van der Waals surface area contributed by atoms with Crippen LogP contribution in [0, 0.1) is 13.8 Å². The molecule has 0 radical (unpaired) electrons. The smallest absolute Gasteiger partial charge is 0.239 e. The van der Waals surface area contributed by atoms with Gasteiger partial charge in [-0.25, -0.2) is 0 Å². The van der Waals surface area contributed by atoms with E-state index in [2.05, 4.69) is 50.4 Å². The number of halogens is 1. The summed E-state index contributed by atoms with van der Waals surface area (Å²) in [5, 5.41) is 0.135. The fourth-order valence-electron chi connectivity index (χ4n) is 1.98. The Kier molecular flexibility index (Phi) is 6.01. The van der Waals surface area contributed by atoms with Gasteiger partial charge in [-0.05, 0) is 72.6 Å². The van der Waals surface area contributed by atoms with Crippen molar-refractivity contribution >= 4 is 47.4 Å². The molecule has 0 fully saturated rings. The molecule has 0 amide bonds. The van der Waals surface area contributed by atoms with Gasteiger partial charge in [-0.2, -0.15) is 15.0 Å². The molecule has 3 rings (SSSR count). The zero-order chi connectivity index (χ0) is 17.6. The number of nitrogens with one attached hydrogen (secondary N) is 2. The predicted octanol–water partition coefficient (Wildman–Crippen LogP) is 5.38. The van der Waals surface area contributed by atoms with Crippen molar-refractivity contribution in [1.82, 2.24) is 15.0 Å². The largest absolute Gasteiger partial charge is 0.294 e. The van der Waals surface area contributed by atoms with E-state index in [1.807, 2.05) is 36.4 Å². The van der Waals surface area contributed by atoms with E-state index in [9.17, 15) is 0 Å². The van der Waals surface area contributed by atoms with Crippen LogP contribution in [0.5, 0.6) is 0 Å². The molecular formula is C17H16ClN5S2. The van der Waals surface area contributed by atoms with Gasteiger partial charge in [0.1, 0.15) is 0 Å². The van der Waals surface area contributed by atoms with Crippen molar-refractivity contribution in [3.05, 3.63) is 64.9 Å². The highest BCUT2D eigenvalue weighted by Gasteiger charge is 2.07. The van der Waals surface area contributed by atoms with Crippen LogP contribution < -0.4 is 9.44 Å². The zero-order valence-electron chi connectivity index (χ0n) is 13.7. The van der Waals surface area contributed by atoms with E-state index in [1.165, 1.54) is 35.0 Å². The molecule has 2 aromatic carbocycles. The third-order valence-electron chi connectivity index (χ3n) is 3.30. The van der Waals surface area contributed by atoms with Gasteiger partial charge in [0.25, 0.3) is 0 Å². The molecule has 0 aliphatic rings. The summed E-state index contributed by atoms with van der Waals surface area (Å²) in [4.78, 5) is 14.8. The Labute approximate surface area is 160 Å². The van der Waals surface area contributed by atoms with Gasteiger partial charge in [-0.3, -0.25) is 9.44 Å². The third-order valence-corrected chi connectivity index (χ3v) is 5.39. The van der Waals surface area contributed by atoms with Gasteiger partial charge in [0, 0.05) is 9.79 Å². The van der Waals surface area contributed by atoms with Gasteiger partial charge in [0.15, 0.2) is 0 Å². The quantitative estimate of drug-likeness (QED) is 0.548. The van der Waals surface area contributed by atoms with Crippen molar-refractivity contribution in [3.63, 3.8) is 0 Å². The molecule has 1 aromatic heterocycles. The number of hydrogen-bond acceptors (Lipinski definition) is 7. The molecule has 0 bridgehead atoms. The Hall–Kier alpha value is -1.96. The van der Waals surface area contributed by atoms with Crippen LogP contribution >= 0.6 is 35.5 Å². The normalized spacial score (nSPS) is 10.5. The second-order valence-corrected chi connectivity index (χ2v) is 7.23. The van der Waals surface area contributed by atoms with Crippen molar-refractivity contribution in [2.75, 3.05) is 9.44 Å². The molecule has 5 nitrogen and oxygen atoms in total. The van der Waals surface area contributed by atoms with Gasteiger partial charge >= 0.3 is 0 Å². The number of aryl methyl sites for hydroxylation is 2. The highest BCUT2D eigenvalue weighted by Crippen LogP contribution is 2.25. The minimum atomic E-state index is 0.135. The molecule has 0 spiro atoms. The van der Waals surface area contributed by atoms with Crippen LogP contribution in [0.4, 0.5) is 11.9 Å². The first-order chi connectivity index (χ1) is 12.1. The summed E-state index contributed by atoms with van der Waals surface area (Å²) in [6.45, 7) is 4.10. The van der Waals surface area contributed by atoms with Gasteiger partial charge < -0.3 is 0 Å². The Morgan fingerprint density at radius 1 is 0.720 bits per heavy atom. The molecule has 25 heavy (non-hydrogen) atoms. The molecule has 0 aliphatic heterocycles. The van der Waals surface area contributed by atoms with Crippen molar-refractivity contribution in [3.8, 4) is 0 Å². The monoisotopic (exact) mass is 389 g/mol. The summed E-state index contributed by atoms with van der Waals surface area (Å²) < 4.78 is 6.23. The molecule has 8 heteroatoms. The Bertz CT molecular complexity index is 807. The minimum Gasteiger partial charge on any atom is -0.294 e. The van der Waals surface area contributed by atoms with Crippen LogP contribution in [0.15, 0.2) is 58.3 Å². The topological polar surface area (TPSA) is 62.7 Å². The summed E-state index contributed by atoms with van der Waals surface area (Å²) in [5.74, 6) is 0.808. The lowest BCUT2D eigenvalue weighted by Gasteiger charge is -2.09. The number of anilines is 2. The maximum atomic E-state index is 6.02. The lowest BCUT2D eigenvalue weighted by molar-refractivity contribution is 1.08. The van der Waals surface area contributed by atoms with E-state index < -0.39 is 0 Å². The Morgan fingerprint density at radius 2 is 1.16 bits per heavy atom. The molecule has 0 saturated carbocycles. The van der Waals surface area contributed by atoms with Crippen molar-refractivity contribution < 1.29 is 0 Å². The number of aromatic nitrogens is 3. The highest BCUT2D eigenvalue weighted by molar-refractivity contribution is 8.00. The maximum Gasteiger partial charge on any atom is 0.239 e. The van der Waals surface area contributed by atoms with E-state index >= 15 is 0 Å². The second kappa shape index (κ2) is 8.42. The number of rotatable bonds is 6. The van der Waals surface area contributed by atoms with E-state index in [0.717, 1.165) is 9.79 Å². The molecule has 0 aliphatic carbocycles. The lowest BCUT2D eigenvalue weighted by atomic mass is 10.2. The van der Waals surface area contributed by atoms with Crippen LogP contribution in [0.25, 0.3) is 0 Å². The summed E-state index contributed by atoms with van der Waals surface area (Å²) in [5.41, 5.74) is 2.35.